The molecule has 0 aliphatic heterocycles. The Morgan fingerprint density at radius 1 is 1.47 bits per heavy atom. The maximum absolute atomic E-state index is 11.3. The fraction of sp³-hybridized carbons (Fsp3) is 0.692. The predicted octanol–water partition coefficient (Wildman–Crippen LogP) is 1.80. The Kier molecular flexibility index (Phi) is 6.55. The monoisotopic (exact) mass is 237 g/mol. The molecule has 0 radical (unpaired) electrons. The van der Waals surface area contributed by atoms with Gasteiger partial charge in [0.05, 0.1) is 0 Å². The second-order valence-electron chi connectivity index (χ2n) is 4.45. The van der Waals surface area contributed by atoms with E-state index < -0.39 is 0 Å². The van der Waals surface area contributed by atoms with E-state index in [1.807, 2.05) is 0 Å². The number of hydrogen-bond donors (Lipinski definition) is 1. The van der Waals surface area contributed by atoms with Gasteiger partial charge in [-0.3, -0.25) is 4.57 Å². The number of aromatic nitrogens is 2. The molecule has 0 fully saturated rings. The van der Waals surface area contributed by atoms with Crippen LogP contribution in [0.25, 0.3) is 0 Å². The lowest BCUT2D eigenvalue weighted by molar-refractivity contribution is 0.466. The molecule has 0 spiro atoms. The van der Waals surface area contributed by atoms with Gasteiger partial charge in [0.2, 0.25) is 0 Å². The summed E-state index contributed by atoms with van der Waals surface area (Å²) in [6.07, 6.45) is 8.34. The zero-order chi connectivity index (χ0) is 12.5. The summed E-state index contributed by atoms with van der Waals surface area (Å²) in [5.74, 6) is 0. The fourth-order valence-corrected chi connectivity index (χ4v) is 1.79. The summed E-state index contributed by atoms with van der Waals surface area (Å²) in [6.45, 7) is 5.91. The molecule has 1 aromatic heterocycles. The van der Waals surface area contributed by atoms with Gasteiger partial charge in [0, 0.05) is 31.5 Å². The zero-order valence-electron chi connectivity index (χ0n) is 10.9. The predicted molar refractivity (Wildman–Crippen MR) is 70.1 cm³/mol. The Morgan fingerprint density at radius 2 is 2.29 bits per heavy atom. The van der Waals surface area contributed by atoms with Crippen LogP contribution in [0.15, 0.2) is 23.3 Å². The Hall–Kier alpha value is -1.16. The maximum atomic E-state index is 11.3. The van der Waals surface area contributed by atoms with Crippen LogP contribution in [0, 0.1) is 0 Å². The second kappa shape index (κ2) is 8.01. The highest BCUT2D eigenvalue weighted by molar-refractivity contribution is 4.81. The van der Waals surface area contributed by atoms with Crippen LogP contribution in [-0.2, 0) is 6.54 Å². The average Bonchev–Trinajstić information content (AvgIpc) is 2.32. The van der Waals surface area contributed by atoms with Gasteiger partial charge in [0.25, 0.3) is 0 Å². The molecule has 4 nitrogen and oxygen atoms in total. The highest BCUT2D eigenvalue weighted by atomic mass is 16.1. The average molecular weight is 237 g/mol. The van der Waals surface area contributed by atoms with Crippen LogP contribution >= 0.6 is 0 Å². The maximum Gasteiger partial charge on any atom is 0.347 e. The summed E-state index contributed by atoms with van der Waals surface area (Å²) in [5.41, 5.74) is -0.173. The number of unbranched alkanes of at least 4 members (excludes halogenated alkanes) is 2. The van der Waals surface area contributed by atoms with E-state index in [2.05, 4.69) is 24.1 Å². The molecule has 0 aliphatic carbocycles. The minimum absolute atomic E-state index is 0.173. The molecule has 0 aromatic carbocycles. The molecule has 1 N–H and O–H groups in total. The first-order chi connectivity index (χ1) is 8.24. The summed E-state index contributed by atoms with van der Waals surface area (Å²) < 4.78 is 1.63. The molecule has 0 aliphatic rings. The van der Waals surface area contributed by atoms with Crippen LogP contribution in [0.2, 0.25) is 0 Å². The molecule has 1 atom stereocenters. The lowest BCUT2D eigenvalue weighted by Gasteiger charge is -2.13. The van der Waals surface area contributed by atoms with E-state index in [4.69, 9.17) is 0 Å². The number of rotatable bonds is 8. The number of hydrogen-bond acceptors (Lipinski definition) is 3. The molecule has 17 heavy (non-hydrogen) atoms. The normalized spacial score (nSPS) is 12.6. The smallest absolute Gasteiger partial charge is 0.312 e. The Balaban J connectivity index is 2.19. The molecular formula is C13H23N3O. The van der Waals surface area contributed by atoms with Crippen molar-refractivity contribution in [2.24, 2.45) is 0 Å². The Morgan fingerprint density at radius 3 is 3.00 bits per heavy atom. The summed E-state index contributed by atoms with van der Waals surface area (Å²) >= 11 is 0. The Bertz CT molecular complexity index is 362. The first-order valence-electron chi connectivity index (χ1n) is 6.49. The van der Waals surface area contributed by atoms with Crippen molar-refractivity contribution in [3.8, 4) is 0 Å². The van der Waals surface area contributed by atoms with Crippen molar-refractivity contribution in [2.75, 3.05) is 6.54 Å². The van der Waals surface area contributed by atoms with Crippen molar-refractivity contribution in [3.63, 3.8) is 0 Å². The number of nitrogens with one attached hydrogen (secondary N) is 1. The highest BCUT2D eigenvalue weighted by Gasteiger charge is 2.01. The van der Waals surface area contributed by atoms with Crippen molar-refractivity contribution in [3.05, 3.63) is 28.9 Å². The molecule has 1 unspecified atom stereocenters. The summed E-state index contributed by atoms with van der Waals surface area (Å²) in [5, 5.41) is 3.43. The lowest BCUT2D eigenvalue weighted by atomic mass is 10.1. The van der Waals surface area contributed by atoms with E-state index in [1.54, 1.807) is 16.8 Å². The Labute approximate surface area is 103 Å². The van der Waals surface area contributed by atoms with Crippen molar-refractivity contribution in [1.29, 1.82) is 0 Å². The minimum Gasteiger partial charge on any atom is -0.312 e. The van der Waals surface area contributed by atoms with Crippen molar-refractivity contribution in [1.82, 2.24) is 14.9 Å². The van der Waals surface area contributed by atoms with Crippen molar-refractivity contribution in [2.45, 2.75) is 52.1 Å². The van der Waals surface area contributed by atoms with Crippen molar-refractivity contribution < 1.29 is 0 Å². The quantitative estimate of drug-likeness (QED) is 0.701. The highest BCUT2D eigenvalue weighted by Crippen LogP contribution is 2.02. The third kappa shape index (κ3) is 5.63. The summed E-state index contributed by atoms with van der Waals surface area (Å²) in [4.78, 5) is 15.0. The first-order valence-corrected chi connectivity index (χ1v) is 6.49. The van der Waals surface area contributed by atoms with Gasteiger partial charge >= 0.3 is 5.69 Å². The van der Waals surface area contributed by atoms with Crippen LogP contribution in [0.3, 0.4) is 0 Å². The van der Waals surface area contributed by atoms with Gasteiger partial charge in [-0.15, -0.1) is 0 Å². The van der Waals surface area contributed by atoms with Gasteiger partial charge < -0.3 is 5.32 Å². The molecule has 0 bridgehead atoms. The van der Waals surface area contributed by atoms with E-state index in [1.165, 1.54) is 31.9 Å². The molecule has 0 saturated carbocycles. The van der Waals surface area contributed by atoms with Gasteiger partial charge in [0.15, 0.2) is 0 Å². The van der Waals surface area contributed by atoms with Crippen LogP contribution < -0.4 is 11.0 Å². The lowest BCUT2D eigenvalue weighted by Crippen LogP contribution is -2.32. The fourth-order valence-electron chi connectivity index (χ4n) is 1.79. The van der Waals surface area contributed by atoms with E-state index in [0.29, 0.717) is 12.6 Å². The van der Waals surface area contributed by atoms with E-state index in [0.717, 1.165) is 6.54 Å². The third-order valence-electron chi connectivity index (χ3n) is 2.87. The van der Waals surface area contributed by atoms with Crippen LogP contribution in [0.1, 0.15) is 39.5 Å². The second-order valence-corrected chi connectivity index (χ2v) is 4.45. The summed E-state index contributed by atoms with van der Waals surface area (Å²) in [6, 6.07) is 2.31. The van der Waals surface area contributed by atoms with Gasteiger partial charge in [-0.25, -0.2) is 9.78 Å². The van der Waals surface area contributed by atoms with Crippen LogP contribution in [0.4, 0.5) is 0 Å². The summed E-state index contributed by atoms with van der Waals surface area (Å²) in [7, 11) is 0. The topological polar surface area (TPSA) is 46.9 Å². The molecule has 0 amide bonds. The third-order valence-corrected chi connectivity index (χ3v) is 2.87. The number of nitrogens with zero attached hydrogens (tertiary/aromatic N) is 2. The standard InChI is InChI=1S/C13H23N3O/c1-3-4-5-7-12(2)14-9-11-16-10-6-8-15-13(16)17/h6,8,10,12,14H,3-5,7,9,11H2,1-2H3. The van der Waals surface area contributed by atoms with E-state index in [-0.39, 0.29) is 5.69 Å². The SMILES string of the molecule is CCCCCC(C)NCCn1cccnc1=O. The molecular weight excluding hydrogens is 214 g/mol. The van der Waals surface area contributed by atoms with Gasteiger partial charge in [-0.2, -0.15) is 0 Å². The molecule has 4 heteroatoms. The van der Waals surface area contributed by atoms with Gasteiger partial charge in [0.1, 0.15) is 0 Å². The van der Waals surface area contributed by atoms with E-state index in [9.17, 15) is 4.79 Å². The minimum atomic E-state index is -0.173. The van der Waals surface area contributed by atoms with Crippen LogP contribution in [-0.4, -0.2) is 22.1 Å². The van der Waals surface area contributed by atoms with Crippen LogP contribution in [0.5, 0.6) is 0 Å². The molecule has 96 valence electrons. The molecule has 1 heterocycles. The molecule has 1 rings (SSSR count). The first kappa shape index (κ1) is 13.9. The largest absolute Gasteiger partial charge is 0.347 e. The van der Waals surface area contributed by atoms with E-state index >= 15 is 0 Å². The van der Waals surface area contributed by atoms with Gasteiger partial charge in [-0.1, -0.05) is 26.2 Å². The molecule has 0 saturated heterocycles. The molecule has 1 aromatic rings. The van der Waals surface area contributed by atoms with Gasteiger partial charge in [-0.05, 0) is 19.4 Å². The van der Waals surface area contributed by atoms with Crippen molar-refractivity contribution >= 4 is 0 Å². The zero-order valence-corrected chi connectivity index (χ0v) is 10.9.